The van der Waals surface area contributed by atoms with Crippen molar-refractivity contribution in [1.29, 1.82) is 0 Å². The van der Waals surface area contributed by atoms with Crippen LogP contribution in [0.15, 0.2) is 21.5 Å². The first kappa shape index (κ1) is 22.2. The zero-order valence-electron chi connectivity index (χ0n) is 15.6. The Morgan fingerprint density at radius 2 is 2.12 bits per heavy atom. The van der Waals surface area contributed by atoms with Gasteiger partial charge in [-0.3, -0.25) is 4.99 Å². The molecule has 1 heterocycles. The third kappa shape index (κ3) is 5.86. The van der Waals surface area contributed by atoms with E-state index in [0.717, 1.165) is 31.4 Å². The van der Waals surface area contributed by atoms with Gasteiger partial charge in [0, 0.05) is 19.0 Å². The van der Waals surface area contributed by atoms with Crippen molar-refractivity contribution >= 4 is 29.9 Å². The molecule has 2 rings (SSSR count). The Hall–Kier alpha value is -0.800. The topological polar surface area (TPSA) is 90.0 Å². The molecule has 0 aromatic carbocycles. The minimum absolute atomic E-state index is 0. The first-order valence-electron chi connectivity index (χ1n) is 8.69. The number of furan rings is 1. The van der Waals surface area contributed by atoms with E-state index in [4.69, 9.17) is 4.42 Å². The molecule has 0 aliphatic heterocycles. The molecule has 1 fully saturated rings. The molecule has 4 N–H and O–H groups in total. The highest BCUT2D eigenvalue weighted by Crippen LogP contribution is 2.35. The van der Waals surface area contributed by atoms with Crippen LogP contribution in [-0.4, -0.2) is 42.4 Å². The summed E-state index contributed by atoms with van der Waals surface area (Å²) in [6.07, 6.45) is 3.81. The minimum Gasteiger partial charge on any atom is -0.463 e. The molecule has 0 radical (unpaired) electrons. The van der Waals surface area contributed by atoms with E-state index < -0.39 is 5.60 Å². The highest BCUT2D eigenvalue weighted by molar-refractivity contribution is 14.0. The molecule has 3 unspecified atom stereocenters. The summed E-state index contributed by atoms with van der Waals surface area (Å²) >= 11 is 0. The van der Waals surface area contributed by atoms with E-state index in [-0.39, 0.29) is 42.0 Å². The number of hydrogen-bond acceptors (Lipinski definition) is 4. The van der Waals surface area contributed by atoms with Crippen molar-refractivity contribution in [2.24, 2.45) is 10.4 Å². The largest absolute Gasteiger partial charge is 0.463 e. The SMILES string of the molecule is CN=C(NCC(C)(O)c1ccc(C)o1)NCC1(C)CCCCC1O.I. The van der Waals surface area contributed by atoms with Crippen LogP contribution in [0.3, 0.4) is 0 Å². The van der Waals surface area contributed by atoms with Crippen molar-refractivity contribution in [2.75, 3.05) is 20.1 Å². The van der Waals surface area contributed by atoms with Crippen molar-refractivity contribution in [1.82, 2.24) is 10.6 Å². The quantitative estimate of drug-likeness (QED) is 0.305. The zero-order valence-corrected chi connectivity index (χ0v) is 18.0. The second-order valence-electron chi connectivity index (χ2n) is 7.38. The van der Waals surface area contributed by atoms with E-state index in [1.165, 1.54) is 0 Å². The van der Waals surface area contributed by atoms with E-state index >= 15 is 0 Å². The minimum atomic E-state index is -1.12. The number of halogens is 1. The molecule has 7 heteroatoms. The summed E-state index contributed by atoms with van der Waals surface area (Å²) in [5, 5.41) is 27.3. The van der Waals surface area contributed by atoms with Gasteiger partial charge < -0.3 is 25.3 Å². The van der Waals surface area contributed by atoms with Crippen LogP contribution in [0.25, 0.3) is 0 Å². The first-order chi connectivity index (χ1) is 11.3. The van der Waals surface area contributed by atoms with E-state index in [2.05, 4.69) is 22.5 Å². The Morgan fingerprint density at radius 1 is 1.40 bits per heavy atom. The lowest BCUT2D eigenvalue weighted by molar-refractivity contribution is 0.00375. The third-order valence-electron chi connectivity index (χ3n) is 5.03. The fraction of sp³-hybridized carbons (Fsp3) is 0.722. The van der Waals surface area contributed by atoms with Gasteiger partial charge in [0.05, 0.1) is 12.6 Å². The fourth-order valence-corrected chi connectivity index (χ4v) is 3.16. The standard InChI is InChI=1S/C18H31N3O3.HI/c1-13-8-9-15(24-13)18(3,23)12-21-16(19-4)20-11-17(2)10-6-5-7-14(17)22;/h8-9,14,22-23H,5-7,10-12H2,1-4H3,(H2,19,20,21);1H. The molecule has 1 saturated carbocycles. The number of aryl methyl sites for hydroxylation is 1. The van der Waals surface area contributed by atoms with Crippen molar-refractivity contribution in [3.63, 3.8) is 0 Å². The number of nitrogens with zero attached hydrogens (tertiary/aromatic N) is 1. The molecule has 1 aromatic heterocycles. The van der Waals surface area contributed by atoms with Crippen LogP contribution in [-0.2, 0) is 5.60 Å². The van der Waals surface area contributed by atoms with Crippen LogP contribution in [0.1, 0.15) is 51.1 Å². The van der Waals surface area contributed by atoms with Gasteiger partial charge >= 0.3 is 0 Å². The molecule has 144 valence electrons. The second kappa shape index (κ2) is 9.23. The number of aliphatic imine (C=N–C) groups is 1. The van der Waals surface area contributed by atoms with Crippen molar-refractivity contribution in [2.45, 2.75) is 58.2 Å². The molecule has 3 atom stereocenters. The van der Waals surface area contributed by atoms with Crippen LogP contribution < -0.4 is 10.6 Å². The van der Waals surface area contributed by atoms with E-state index in [0.29, 0.717) is 18.3 Å². The van der Waals surface area contributed by atoms with Gasteiger partial charge in [-0.15, -0.1) is 24.0 Å². The number of guanidine groups is 1. The molecular formula is C18H32IN3O3. The number of rotatable bonds is 5. The number of aliphatic hydroxyl groups excluding tert-OH is 1. The molecule has 6 nitrogen and oxygen atoms in total. The predicted octanol–water partition coefficient (Wildman–Crippen LogP) is 2.52. The highest BCUT2D eigenvalue weighted by atomic mass is 127. The van der Waals surface area contributed by atoms with Gasteiger partial charge in [-0.05, 0) is 38.8 Å². The van der Waals surface area contributed by atoms with E-state index in [1.807, 2.05) is 13.0 Å². The number of hydrogen-bond donors (Lipinski definition) is 4. The lowest BCUT2D eigenvalue weighted by atomic mass is 9.73. The highest BCUT2D eigenvalue weighted by Gasteiger charge is 2.35. The molecule has 1 aliphatic rings. The van der Waals surface area contributed by atoms with Gasteiger partial charge in [0.25, 0.3) is 0 Å². The van der Waals surface area contributed by atoms with Crippen LogP contribution >= 0.6 is 24.0 Å². The molecule has 0 spiro atoms. The Balaban J connectivity index is 0.00000312. The summed E-state index contributed by atoms with van der Waals surface area (Å²) in [5.74, 6) is 1.90. The summed E-state index contributed by atoms with van der Waals surface area (Å²) in [7, 11) is 1.70. The van der Waals surface area contributed by atoms with Crippen LogP contribution in [0.5, 0.6) is 0 Å². The fourth-order valence-electron chi connectivity index (χ4n) is 3.16. The normalized spacial score (nSPS) is 26.5. The van der Waals surface area contributed by atoms with Gasteiger partial charge in [0.15, 0.2) is 5.96 Å². The summed E-state index contributed by atoms with van der Waals surface area (Å²) in [6, 6.07) is 3.62. The Bertz CT molecular complexity index is 574. The molecule has 0 amide bonds. The average molecular weight is 465 g/mol. The Kier molecular flexibility index (Phi) is 8.21. The zero-order chi connectivity index (χ0) is 17.8. The smallest absolute Gasteiger partial charge is 0.191 e. The Labute approximate surface area is 167 Å². The summed E-state index contributed by atoms with van der Waals surface area (Å²) in [6.45, 7) is 6.59. The number of aliphatic hydroxyl groups is 2. The maximum absolute atomic E-state index is 10.6. The first-order valence-corrected chi connectivity index (χ1v) is 8.69. The molecule has 0 bridgehead atoms. The molecular weight excluding hydrogens is 433 g/mol. The third-order valence-corrected chi connectivity index (χ3v) is 5.03. The molecule has 25 heavy (non-hydrogen) atoms. The predicted molar refractivity (Wildman–Crippen MR) is 110 cm³/mol. The van der Waals surface area contributed by atoms with E-state index in [9.17, 15) is 10.2 Å². The van der Waals surface area contributed by atoms with Crippen molar-refractivity contribution in [3.05, 3.63) is 23.7 Å². The van der Waals surface area contributed by atoms with Crippen LogP contribution in [0, 0.1) is 12.3 Å². The lowest BCUT2D eigenvalue weighted by Gasteiger charge is -2.39. The van der Waals surface area contributed by atoms with Gasteiger partial charge in [0.1, 0.15) is 17.1 Å². The van der Waals surface area contributed by atoms with Gasteiger partial charge in [0.2, 0.25) is 0 Å². The summed E-state index contributed by atoms with van der Waals surface area (Å²) < 4.78 is 5.52. The number of nitrogens with one attached hydrogen (secondary N) is 2. The second-order valence-corrected chi connectivity index (χ2v) is 7.38. The molecule has 0 saturated heterocycles. The lowest BCUT2D eigenvalue weighted by Crippen LogP contribution is -2.50. The van der Waals surface area contributed by atoms with Gasteiger partial charge in [-0.1, -0.05) is 19.8 Å². The molecule has 1 aliphatic carbocycles. The Morgan fingerprint density at radius 3 is 2.68 bits per heavy atom. The summed E-state index contributed by atoms with van der Waals surface area (Å²) in [5.41, 5.74) is -1.27. The van der Waals surface area contributed by atoms with Crippen LogP contribution in [0.4, 0.5) is 0 Å². The summed E-state index contributed by atoms with van der Waals surface area (Å²) in [4.78, 5) is 4.20. The van der Waals surface area contributed by atoms with E-state index in [1.54, 1.807) is 20.0 Å². The maximum Gasteiger partial charge on any atom is 0.191 e. The molecule has 1 aromatic rings. The van der Waals surface area contributed by atoms with Gasteiger partial charge in [-0.2, -0.15) is 0 Å². The van der Waals surface area contributed by atoms with Crippen LogP contribution in [0.2, 0.25) is 0 Å². The van der Waals surface area contributed by atoms with Crippen molar-refractivity contribution in [3.8, 4) is 0 Å². The van der Waals surface area contributed by atoms with Crippen molar-refractivity contribution < 1.29 is 14.6 Å². The van der Waals surface area contributed by atoms with Gasteiger partial charge in [-0.25, -0.2) is 0 Å². The monoisotopic (exact) mass is 465 g/mol. The maximum atomic E-state index is 10.6. The average Bonchev–Trinajstić information content (AvgIpc) is 2.98.